The number of carboxylic acid groups (broad SMARTS) is 1. The number of nitrogens with one attached hydrogen (secondary N) is 1. The van der Waals surface area contributed by atoms with Crippen molar-refractivity contribution in [1.82, 2.24) is 9.88 Å². The van der Waals surface area contributed by atoms with Crippen molar-refractivity contribution in [2.45, 2.75) is 12.5 Å². The Labute approximate surface area is 95.2 Å². The van der Waals surface area contributed by atoms with E-state index in [0.29, 0.717) is 0 Å². The van der Waals surface area contributed by atoms with E-state index in [1.165, 1.54) is 7.05 Å². The number of rotatable bonds is 3. The van der Waals surface area contributed by atoms with Crippen LogP contribution in [0.15, 0.2) is 10.7 Å². The molecule has 0 bridgehead atoms. The highest BCUT2D eigenvalue weighted by Gasteiger charge is 2.36. The van der Waals surface area contributed by atoms with E-state index in [9.17, 15) is 14.4 Å². The van der Waals surface area contributed by atoms with Gasteiger partial charge in [0.15, 0.2) is 5.69 Å². The lowest BCUT2D eigenvalue weighted by Gasteiger charge is -2.08. The molecular formula is C9H9N3O5. The fourth-order valence-corrected chi connectivity index (χ4v) is 1.46. The molecule has 1 aromatic heterocycles. The Morgan fingerprint density at radius 3 is 2.82 bits per heavy atom. The van der Waals surface area contributed by atoms with Gasteiger partial charge in [0.1, 0.15) is 12.3 Å². The molecule has 2 amide bonds. The molecule has 1 aromatic rings. The summed E-state index contributed by atoms with van der Waals surface area (Å²) in [6.45, 7) is 0. The first-order valence-corrected chi connectivity index (χ1v) is 4.75. The molecule has 0 radical (unpaired) electrons. The third kappa shape index (κ3) is 1.96. The van der Waals surface area contributed by atoms with E-state index in [1.807, 2.05) is 0 Å². The van der Waals surface area contributed by atoms with Crippen LogP contribution in [-0.2, 0) is 9.59 Å². The second kappa shape index (κ2) is 3.89. The van der Waals surface area contributed by atoms with Crippen LogP contribution in [-0.4, -0.2) is 45.9 Å². The van der Waals surface area contributed by atoms with Gasteiger partial charge < -0.3 is 14.8 Å². The number of amides is 2. The third-order valence-electron chi connectivity index (χ3n) is 2.40. The lowest BCUT2D eigenvalue weighted by Crippen LogP contribution is -2.31. The standard InChI is InChI=1S/C9H9N3O5/c1-12-6(13)2-4(7(12)14)10-9-11-5(3-17-9)8(15)16/h3-4H,2H2,1H3,(H,10,11)(H,15,16). The maximum absolute atomic E-state index is 11.5. The number of likely N-dealkylation sites (tertiary alicyclic amines) is 1. The molecule has 1 saturated heterocycles. The van der Waals surface area contributed by atoms with Gasteiger partial charge >= 0.3 is 5.97 Å². The van der Waals surface area contributed by atoms with Crippen molar-refractivity contribution in [3.8, 4) is 0 Å². The van der Waals surface area contributed by atoms with Crippen molar-refractivity contribution < 1.29 is 23.9 Å². The minimum absolute atomic E-state index is 0.000117. The number of carbonyl (C=O) groups is 3. The van der Waals surface area contributed by atoms with Gasteiger partial charge in [0.25, 0.3) is 11.9 Å². The van der Waals surface area contributed by atoms with Gasteiger partial charge in [-0.05, 0) is 0 Å². The summed E-state index contributed by atoms with van der Waals surface area (Å²) in [6.07, 6.45) is 0.954. The zero-order valence-electron chi connectivity index (χ0n) is 8.84. The average Bonchev–Trinajstić information content (AvgIpc) is 2.82. The van der Waals surface area contributed by atoms with Gasteiger partial charge in [-0.15, -0.1) is 0 Å². The van der Waals surface area contributed by atoms with Crippen LogP contribution in [0.4, 0.5) is 6.01 Å². The van der Waals surface area contributed by atoms with E-state index in [1.54, 1.807) is 0 Å². The number of nitrogens with zero attached hydrogens (tertiary/aromatic N) is 2. The number of anilines is 1. The van der Waals surface area contributed by atoms with Crippen LogP contribution in [0.3, 0.4) is 0 Å². The van der Waals surface area contributed by atoms with Crippen LogP contribution in [0, 0.1) is 0 Å². The predicted octanol–water partition coefficient (Wildman–Crippen LogP) is -0.458. The molecule has 1 fully saturated rings. The fraction of sp³-hybridized carbons (Fsp3) is 0.333. The van der Waals surface area contributed by atoms with Gasteiger partial charge in [0.05, 0.1) is 6.42 Å². The van der Waals surface area contributed by atoms with E-state index in [0.717, 1.165) is 11.2 Å². The topological polar surface area (TPSA) is 113 Å². The first-order valence-electron chi connectivity index (χ1n) is 4.75. The van der Waals surface area contributed by atoms with E-state index in [-0.39, 0.29) is 24.0 Å². The van der Waals surface area contributed by atoms with Crippen molar-refractivity contribution in [2.75, 3.05) is 12.4 Å². The van der Waals surface area contributed by atoms with Crippen molar-refractivity contribution in [2.24, 2.45) is 0 Å². The molecule has 0 aromatic carbocycles. The normalized spacial score (nSPS) is 19.8. The number of hydrogen-bond donors (Lipinski definition) is 2. The predicted molar refractivity (Wildman–Crippen MR) is 53.3 cm³/mol. The molecule has 90 valence electrons. The first-order chi connectivity index (χ1) is 7.99. The zero-order chi connectivity index (χ0) is 12.6. The lowest BCUT2D eigenvalue weighted by molar-refractivity contribution is -0.136. The van der Waals surface area contributed by atoms with E-state index >= 15 is 0 Å². The average molecular weight is 239 g/mol. The summed E-state index contributed by atoms with van der Waals surface area (Å²) in [5.41, 5.74) is -0.266. The van der Waals surface area contributed by atoms with Crippen LogP contribution < -0.4 is 5.32 Å². The Kier molecular flexibility index (Phi) is 2.54. The number of carbonyl (C=O) groups excluding carboxylic acids is 2. The molecule has 8 heteroatoms. The molecule has 0 saturated carbocycles. The molecule has 1 unspecified atom stereocenters. The number of imide groups is 1. The number of aromatic carboxylic acids is 1. The van der Waals surface area contributed by atoms with Gasteiger partial charge in [-0.2, -0.15) is 4.98 Å². The van der Waals surface area contributed by atoms with Gasteiger partial charge in [-0.1, -0.05) is 0 Å². The van der Waals surface area contributed by atoms with Gasteiger partial charge in [-0.3, -0.25) is 14.5 Å². The maximum atomic E-state index is 11.5. The molecule has 0 spiro atoms. The monoisotopic (exact) mass is 239 g/mol. The summed E-state index contributed by atoms with van der Waals surface area (Å²) in [5, 5.41) is 11.2. The second-order valence-electron chi connectivity index (χ2n) is 3.54. The fourth-order valence-electron chi connectivity index (χ4n) is 1.46. The summed E-state index contributed by atoms with van der Waals surface area (Å²) >= 11 is 0. The van der Waals surface area contributed by atoms with Crippen LogP contribution in [0.1, 0.15) is 16.9 Å². The number of oxazole rings is 1. The molecule has 1 aliphatic heterocycles. The minimum Gasteiger partial charge on any atom is -0.476 e. The van der Waals surface area contributed by atoms with Crippen molar-refractivity contribution in [1.29, 1.82) is 0 Å². The molecule has 2 heterocycles. The van der Waals surface area contributed by atoms with Crippen LogP contribution in [0.2, 0.25) is 0 Å². The number of carboxylic acids is 1. The smallest absolute Gasteiger partial charge is 0.357 e. The summed E-state index contributed by atoms with van der Waals surface area (Å²) in [6, 6.07) is -0.850. The number of likely N-dealkylation sites (N-methyl/N-ethyl adjacent to an activating group) is 1. The molecule has 1 atom stereocenters. The van der Waals surface area contributed by atoms with Gasteiger partial charge in [-0.25, -0.2) is 4.79 Å². The molecule has 0 aliphatic carbocycles. The van der Waals surface area contributed by atoms with Crippen LogP contribution in [0.25, 0.3) is 0 Å². The lowest BCUT2D eigenvalue weighted by atomic mass is 10.2. The third-order valence-corrected chi connectivity index (χ3v) is 2.40. The van der Waals surface area contributed by atoms with Crippen molar-refractivity contribution >= 4 is 23.8 Å². The van der Waals surface area contributed by atoms with E-state index < -0.39 is 17.9 Å². The highest BCUT2D eigenvalue weighted by molar-refractivity contribution is 6.06. The number of aromatic nitrogens is 1. The molecule has 2 rings (SSSR count). The number of hydrogen-bond acceptors (Lipinski definition) is 6. The highest BCUT2D eigenvalue weighted by atomic mass is 16.4. The minimum atomic E-state index is -1.23. The van der Waals surface area contributed by atoms with E-state index in [4.69, 9.17) is 9.52 Å². The molecule has 2 N–H and O–H groups in total. The van der Waals surface area contributed by atoms with Crippen LogP contribution in [0.5, 0.6) is 0 Å². The summed E-state index contributed by atoms with van der Waals surface area (Å²) in [5.74, 6) is -1.93. The molecule has 8 nitrogen and oxygen atoms in total. The summed E-state index contributed by atoms with van der Waals surface area (Å²) in [4.78, 5) is 37.9. The zero-order valence-corrected chi connectivity index (χ0v) is 8.84. The quantitative estimate of drug-likeness (QED) is 0.686. The molecule has 1 aliphatic rings. The molecular weight excluding hydrogens is 230 g/mol. The highest BCUT2D eigenvalue weighted by Crippen LogP contribution is 2.16. The first kappa shape index (κ1) is 11.1. The van der Waals surface area contributed by atoms with Crippen molar-refractivity contribution in [3.05, 3.63) is 12.0 Å². The Bertz CT molecular complexity index is 495. The second-order valence-corrected chi connectivity index (χ2v) is 3.54. The SMILES string of the molecule is CN1C(=O)CC(Nc2nc(C(=O)O)co2)C1=O. The largest absolute Gasteiger partial charge is 0.476 e. The van der Waals surface area contributed by atoms with E-state index in [2.05, 4.69) is 10.3 Å². The van der Waals surface area contributed by atoms with Gasteiger partial charge in [0, 0.05) is 7.05 Å². The Balaban J connectivity index is 2.09. The summed E-state index contributed by atoms with van der Waals surface area (Å²) < 4.78 is 4.82. The Morgan fingerprint density at radius 2 is 2.35 bits per heavy atom. The van der Waals surface area contributed by atoms with Gasteiger partial charge in [0.2, 0.25) is 5.91 Å². The summed E-state index contributed by atoms with van der Waals surface area (Å²) in [7, 11) is 1.38. The van der Waals surface area contributed by atoms with Crippen LogP contribution >= 0.6 is 0 Å². The maximum Gasteiger partial charge on any atom is 0.357 e. The molecule has 17 heavy (non-hydrogen) atoms. The Hall–Kier alpha value is -2.38. The Morgan fingerprint density at radius 1 is 1.65 bits per heavy atom. The van der Waals surface area contributed by atoms with Crippen molar-refractivity contribution in [3.63, 3.8) is 0 Å².